The molecule has 0 bridgehead atoms. The number of fused-ring (bicyclic) bond motifs is 1. The highest BCUT2D eigenvalue weighted by Crippen LogP contribution is 2.18. The van der Waals surface area contributed by atoms with Crippen LogP contribution in [0.15, 0.2) is 18.2 Å². The third kappa shape index (κ3) is 3.71. The summed E-state index contributed by atoms with van der Waals surface area (Å²) in [6.07, 6.45) is 0.413. The highest BCUT2D eigenvalue weighted by Gasteiger charge is 2.06. The van der Waals surface area contributed by atoms with Gasteiger partial charge in [-0.2, -0.15) is 12.6 Å². The quantitative estimate of drug-likeness (QED) is 0.732. The Morgan fingerprint density at radius 3 is 2.95 bits per heavy atom. The molecule has 5 nitrogen and oxygen atoms in total. The van der Waals surface area contributed by atoms with Crippen LogP contribution < -0.4 is 5.32 Å². The second-order valence-electron chi connectivity index (χ2n) is 4.67. The van der Waals surface area contributed by atoms with Crippen molar-refractivity contribution in [3.63, 3.8) is 0 Å². The van der Waals surface area contributed by atoms with Crippen molar-refractivity contribution >= 4 is 35.3 Å². The van der Waals surface area contributed by atoms with E-state index in [1.54, 1.807) is 0 Å². The van der Waals surface area contributed by atoms with Gasteiger partial charge in [-0.25, -0.2) is 4.98 Å². The van der Waals surface area contributed by atoms with Crippen LogP contribution in [0.1, 0.15) is 12.2 Å². The molecule has 0 aliphatic heterocycles. The molecule has 102 valence electrons. The van der Waals surface area contributed by atoms with Crippen LogP contribution in [0.3, 0.4) is 0 Å². The largest absolute Gasteiger partial charge is 0.341 e. The molecule has 1 aromatic carbocycles. The summed E-state index contributed by atoms with van der Waals surface area (Å²) in [6, 6.07) is 5.66. The van der Waals surface area contributed by atoms with Crippen LogP contribution in [-0.4, -0.2) is 40.6 Å². The van der Waals surface area contributed by atoms with Crippen molar-refractivity contribution in [2.75, 3.05) is 25.2 Å². The second-order valence-corrected chi connectivity index (χ2v) is 5.12. The molecule has 0 aliphatic carbocycles. The first-order chi connectivity index (χ1) is 9.08. The van der Waals surface area contributed by atoms with Crippen LogP contribution in [0.5, 0.6) is 0 Å². The van der Waals surface area contributed by atoms with Gasteiger partial charge in [-0.1, -0.05) is 0 Å². The Balaban J connectivity index is 2.18. The third-order valence-electron chi connectivity index (χ3n) is 2.62. The number of rotatable bonds is 5. The first-order valence-corrected chi connectivity index (χ1v) is 6.76. The summed E-state index contributed by atoms with van der Waals surface area (Å²) in [6.45, 7) is 0.760. The Hall–Kier alpha value is -1.53. The van der Waals surface area contributed by atoms with Crippen LogP contribution in [0.4, 0.5) is 5.69 Å². The number of hydrogen-bond donors (Lipinski definition) is 3. The Morgan fingerprint density at radius 2 is 2.26 bits per heavy atom. The fraction of sp³-hybridized carbons (Fsp3) is 0.385. The average molecular weight is 278 g/mol. The Morgan fingerprint density at radius 1 is 1.47 bits per heavy atom. The maximum atomic E-state index is 11.5. The van der Waals surface area contributed by atoms with E-state index in [9.17, 15) is 4.79 Å². The van der Waals surface area contributed by atoms with Gasteiger partial charge in [-0.05, 0) is 38.0 Å². The number of amides is 1. The van der Waals surface area contributed by atoms with Crippen molar-refractivity contribution < 1.29 is 4.79 Å². The van der Waals surface area contributed by atoms with Gasteiger partial charge in [-0.15, -0.1) is 0 Å². The van der Waals surface area contributed by atoms with Crippen molar-refractivity contribution in [1.82, 2.24) is 14.9 Å². The van der Waals surface area contributed by atoms with E-state index in [1.807, 2.05) is 37.2 Å². The first-order valence-electron chi connectivity index (χ1n) is 6.12. The standard InChI is InChI=1S/C13H18N4OS/c1-17(2)8-12-15-10-4-3-9(7-11(10)16-12)14-13(18)5-6-19/h3-4,7,19H,5-6,8H2,1-2H3,(H,14,18)(H,15,16). The van der Waals surface area contributed by atoms with Crippen LogP contribution in [0.2, 0.25) is 0 Å². The van der Waals surface area contributed by atoms with Crippen molar-refractivity contribution in [3.8, 4) is 0 Å². The molecule has 1 heterocycles. The van der Waals surface area contributed by atoms with Crippen molar-refractivity contribution in [2.24, 2.45) is 0 Å². The van der Waals surface area contributed by atoms with E-state index in [-0.39, 0.29) is 5.91 Å². The van der Waals surface area contributed by atoms with E-state index >= 15 is 0 Å². The highest BCUT2D eigenvalue weighted by molar-refractivity contribution is 7.80. The second kappa shape index (κ2) is 6.08. The van der Waals surface area contributed by atoms with Crippen molar-refractivity contribution in [1.29, 1.82) is 0 Å². The first kappa shape index (κ1) is 13.9. The number of hydrogen-bond acceptors (Lipinski definition) is 4. The van der Waals surface area contributed by atoms with Gasteiger partial charge in [0.2, 0.25) is 5.91 Å². The minimum absolute atomic E-state index is 0.0256. The number of thiol groups is 1. The van der Waals surface area contributed by atoms with E-state index in [2.05, 4.69) is 27.9 Å². The lowest BCUT2D eigenvalue weighted by molar-refractivity contribution is -0.115. The van der Waals surface area contributed by atoms with E-state index in [0.29, 0.717) is 12.2 Å². The van der Waals surface area contributed by atoms with E-state index in [0.717, 1.165) is 29.1 Å². The maximum absolute atomic E-state index is 11.5. The van der Waals surface area contributed by atoms with Crippen LogP contribution in [-0.2, 0) is 11.3 Å². The lowest BCUT2D eigenvalue weighted by Crippen LogP contribution is -2.11. The minimum Gasteiger partial charge on any atom is -0.341 e. The molecule has 6 heteroatoms. The Labute approximate surface area is 117 Å². The number of carbonyl (C=O) groups is 1. The molecule has 0 aliphatic rings. The average Bonchev–Trinajstić information content (AvgIpc) is 2.69. The number of imidazole rings is 1. The number of nitrogens with one attached hydrogen (secondary N) is 2. The monoisotopic (exact) mass is 278 g/mol. The third-order valence-corrected chi connectivity index (χ3v) is 2.84. The summed E-state index contributed by atoms with van der Waals surface area (Å²) in [5.74, 6) is 1.44. The van der Waals surface area contributed by atoms with Crippen LogP contribution in [0, 0.1) is 0 Å². The van der Waals surface area contributed by atoms with E-state index < -0.39 is 0 Å². The van der Waals surface area contributed by atoms with Gasteiger partial charge in [0.1, 0.15) is 5.82 Å². The smallest absolute Gasteiger partial charge is 0.225 e. The fourth-order valence-electron chi connectivity index (χ4n) is 1.84. The Kier molecular flexibility index (Phi) is 4.44. The number of benzene rings is 1. The molecule has 1 amide bonds. The van der Waals surface area contributed by atoms with Gasteiger partial charge in [0.15, 0.2) is 0 Å². The van der Waals surface area contributed by atoms with Crippen molar-refractivity contribution in [3.05, 3.63) is 24.0 Å². The number of aromatic nitrogens is 2. The SMILES string of the molecule is CN(C)Cc1nc2ccc(NC(=O)CCS)cc2[nH]1. The fourth-order valence-corrected chi connectivity index (χ4v) is 2.04. The summed E-state index contributed by atoms with van der Waals surface area (Å²) in [5, 5.41) is 2.84. The van der Waals surface area contributed by atoms with E-state index in [1.165, 1.54) is 0 Å². The molecule has 2 aromatic rings. The summed E-state index contributed by atoms with van der Waals surface area (Å²) in [5.41, 5.74) is 2.61. The van der Waals surface area contributed by atoms with Crippen LogP contribution >= 0.6 is 12.6 Å². The normalized spacial score (nSPS) is 11.2. The molecule has 0 fully saturated rings. The molecule has 0 saturated carbocycles. The molecule has 2 rings (SSSR count). The molecule has 19 heavy (non-hydrogen) atoms. The summed E-state index contributed by atoms with van der Waals surface area (Å²) in [7, 11) is 3.99. The predicted molar refractivity (Wildman–Crippen MR) is 80.6 cm³/mol. The van der Waals surface area contributed by atoms with E-state index in [4.69, 9.17) is 0 Å². The molecule has 1 aromatic heterocycles. The molecule has 0 spiro atoms. The molecular formula is C13H18N4OS. The van der Waals surface area contributed by atoms with Gasteiger partial charge in [0.05, 0.1) is 17.6 Å². The number of H-pyrrole nitrogens is 1. The molecular weight excluding hydrogens is 260 g/mol. The minimum atomic E-state index is -0.0256. The lowest BCUT2D eigenvalue weighted by atomic mass is 10.2. The molecule has 0 atom stereocenters. The maximum Gasteiger partial charge on any atom is 0.225 e. The van der Waals surface area contributed by atoms with Gasteiger partial charge >= 0.3 is 0 Å². The number of nitrogens with zero attached hydrogens (tertiary/aromatic N) is 2. The zero-order valence-electron chi connectivity index (χ0n) is 11.1. The molecule has 2 N–H and O–H groups in total. The lowest BCUT2D eigenvalue weighted by Gasteiger charge is -2.05. The zero-order valence-corrected chi connectivity index (χ0v) is 12.0. The van der Waals surface area contributed by atoms with Gasteiger partial charge in [0, 0.05) is 12.1 Å². The number of aromatic amines is 1. The molecule has 0 radical (unpaired) electrons. The van der Waals surface area contributed by atoms with Crippen LogP contribution in [0.25, 0.3) is 11.0 Å². The summed E-state index contributed by atoms with van der Waals surface area (Å²) < 4.78 is 0. The predicted octanol–water partition coefficient (Wildman–Crippen LogP) is 1.88. The Bertz CT molecular complexity index is 579. The summed E-state index contributed by atoms with van der Waals surface area (Å²) in [4.78, 5) is 21.3. The van der Waals surface area contributed by atoms with Gasteiger partial charge in [0.25, 0.3) is 0 Å². The topological polar surface area (TPSA) is 61.0 Å². The zero-order chi connectivity index (χ0) is 13.8. The summed E-state index contributed by atoms with van der Waals surface area (Å²) >= 11 is 4.04. The number of anilines is 1. The van der Waals surface area contributed by atoms with Gasteiger partial charge < -0.3 is 15.2 Å². The highest BCUT2D eigenvalue weighted by atomic mass is 32.1. The molecule has 0 unspecified atom stereocenters. The van der Waals surface area contributed by atoms with Gasteiger partial charge in [-0.3, -0.25) is 4.79 Å². The molecule has 0 saturated heterocycles. The number of carbonyl (C=O) groups excluding carboxylic acids is 1. The van der Waals surface area contributed by atoms with Crippen molar-refractivity contribution in [2.45, 2.75) is 13.0 Å².